The zero-order chi connectivity index (χ0) is 13.4. The van der Waals surface area contributed by atoms with Gasteiger partial charge in [0.2, 0.25) is 0 Å². The van der Waals surface area contributed by atoms with Gasteiger partial charge in [-0.15, -0.1) is 0 Å². The fourth-order valence-corrected chi connectivity index (χ4v) is 2.08. The smallest absolute Gasteiger partial charge is 0.0791 e. The quantitative estimate of drug-likeness (QED) is 0.584. The molecule has 0 radical (unpaired) electrons. The molecular formula is C13H31N3O. The van der Waals surface area contributed by atoms with Gasteiger partial charge in [-0.05, 0) is 41.8 Å². The maximum Gasteiger partial charge on any atom is 0.0791 e. The normalized spacial score (nSPS) is 14.3. The largest absolute Gasteiger partial charge is 0.390 e. The van der Waals surface area contributed by atoms with E-state index in [9.17, 15) is 5.11 Å². The summed E-state index contributed by atoms with van der Waals surface area (Å²) in [4.78, 5) is 4.45. The summed E-state index contributed by atoms with van der Waals surface area (Å²) < 4.78 is 0. The molecule has 0 fully saturated rings. The predicted molar refractivity (Wildman–Crippen MR) is 74.4 cm³/mol. The Morgan fingerprint density at radius 1 is 1.06 bits per heavy atom. The standard InChI is InChI=1S/C13H31N3O/c1-11(2)16(12(3)4)8-7-14-9-13(17)10-15(5)6/h11-14,17H,7-10H2,1-6H3. The average Bonchev–Trinajstić information content (AvgIpc) is 2.14. The molecule has 4 nitrogen and oxygen atoms in total. The second-order valence-electron chi connectivity index (χ2n) is 5.55. The minimum atomic E-state index is -0.281. The molecule has 0 aromatic carbocycles. The zero-order valence-corrected chi connectivity index (χ0v) is 12.4. The Morgan fingerprint density at radius 3 is 2.00 bits per heavy atom. The summed E-state index contributed by atoms with van der Waals surface area (Å²) in [6.07, 6.45) is -0.281. The third-order valence-corrected chi connectivity index (χ3v) is 2.83. The third kappa shape index (κ3) is 8.55. The number of rotatable bonds is 9. The van der Waals surface area contributed by atoms with Crippen molar-refractivity contribution in [3.05, 3.63) is 0 Å². The van der Waals surface area contributed by atoms with Gasteiger partial charge in [0.25, 0.3) is 0 Å². The summed E-state index contributed by atoms with van der Waals surface area (Å²) in [5.41, 5.74) is 0. The van der Waals surface area contributed by atoms with Crippen LogP contribution >= 0.6 is 0 Å². The van der Waals surface area contributed by atoms with Crippen LogP contribution in [0.25, 0.3) is 0 Å². The molecule has 0 rings (SSSR count). The van der Waals surface area contributed by atoms with Crippen molar-refractivity contribution in [1.82, 2.24) is 15.1 Å². The Kier molecular flexibility index (Phi) is 8.78. The summed E-state index contributed by atoms with van der Waals surface area (Å²) in [5.74, 6) is 0. The van der Waals surface area contributed by atoms with Crippen molar-refractivity contribution in [3.63, 3.8) is 0 Å². The van der Waals surface area contributed by atoms with Crippen LogP contribution in [0.5, 0.6) is 0 Å². The lowest BCUT2D eigenvalue weighted by molar-refractivity contribution is 0.130. The second-order valence-corrected chi connectivity index (χ2v) is 5.55. The number of hydrogen-bond acceptors (Lipinski definition) is 4. The van der Waals surface area contributed by atoms with Gasteiger partial charge >= 0.3 is 0 Å². The number of nitrogens with zero attached hydrogens (tertiary/aromatic N) is 2. The van der Waals surface area contributed by atoms with Crippen molar-refractivity contribution in [3.8, 4) is 0 Å². The van der Waals surface area contributed by atoms with Gasteiger partial charge < -0.3 is 15.3 Å². The van der Waals surface area contributed by atoms with Crippen molar-refractivity contribution >= 4 is 0 Å². The maximum atomic E-state index is 9.69. The summed E-state index contributed by atoms with van der Waals surface area (Å²) >= 11 is 0. The van der Waals surface area contributed by atoms with Crippen LogP contribution in [0, 0.1) is 0 Å². The fourth-order valence-electron chi connectivity index (χ4n) is 2.08. The Hall–Kier alpha value is -0.160. The Morgan fingerprint density at radius 2 is 1.59 bits per heavy atom. The van der Waals surface area contributed by atoms with Crippen molar-refractivity contribution in [2.75, 3.05) is 40.3 Å². The molecule has 0 amide bonds. The van der Waals surface area contributed by atoms with Gasteiger partial charge in [0.15, 0.2) is 0 Å². The van der Waals surface area contributed by atoms with Crippen molar-refractivity contribution in [2.24, 2.45) is 0 Å². The van der Waals surface area contributed by atoms with Gasteiger partial charge in [0.1, 0.15) is 0 Å². The molecule has 0 saturated heterocycles. The van der Waals surface area contributed by atoms with Gasteiger partial charge in [-0.3, -0.25) is 4.90 Å². The van der Waals surface area contributed by atoms with Gasteiger partial charge in [-0.2, -0.15) is 0 Å². The van der Waals surface area contributed by atoms with Crippen LogP contribution in [-0.2, 0) is 0 Å². The van der Waals surface area contributed by atoms with Crippen molar-refractivity contribution in [1.29, 1.82) is 0 Å². The van der Waals surface area contributed by atoms with E-state index in [0.29, 0.717) is 25.2 Å². The summed E-state index contributed by atoms with van der Waals surface area (Å²) in [6, 6.07) is 1.15. The number of nitrogens with one attached hydrogen (secondary N) is 1. The second kappa shape index (κ2) is 8.86. The number of aliphatic hydroxyl groups is 1. The van der Waals surface area contributed by atoms with Crippen LogP contribution in [-0.4, -0.2) is 73.4 Å². The van der Waals surface area contributed by atoms with E-state index in [-0.39, 0.29) is 6.10 Å². The van der Waals surface area contributed by atoms with Gasteiger partial charge in [0.05, 0.1) is 6.10 Å². The van der Waals surface area contributed by atoms with Gasteiger partial charge in [0, 0.05) is 38.3 Å². The Bertz CT molecular complexity index is 176. The molecule has 0 aromatic heterocycles. The molecular weight excluding hydrogens is 214 g/mol. The molecule has 1 unspecified atom stereocenters. The van der Waals surface area contributed by atoms with Crippen molar-refractivity contribution in [2.45, 2.75) is 45.9 Å². The van der Waals surface area contributed by atoms with E-state index in [0.717, 1.165) is 13.1 Å². The Labute approximate surface area is 107 Å². The zero-order valence-electron chi connectivity index (χ0n) is 12.4. The highest BCUT2D eigenvalue weighted by Crippen LogP contribution is 2.03. The molecule has 0 aliphatic heterocycles. The highest BCUT2D eigenvalue weighted by Gasteiger charge is 2.12. The minimum absolute atomic E-state index is 0.281. The van der Waals surface area contributed by atoms with E-state index >= 15 is 0 Å². The lowest BCUT2D eigenvalue weighted by Gasteiger charge is -2.30. The van der Waals surface area contributed by atoms with E-state index in [1.54, 1.807) is 0 Å². The molecule has 0 spiro atoms. The molecule has 0 heterocycles. The van der Waals surface area contributed by atoms with Crippen LogP contribution in [0.4, 0.5) is 0 Å². The van der Waals surface area contributed by atoms with Gasteiger partial charge in [-0.1, -0.05) is 0 Å². The predicted octanol–water partition coefficient (Wildman–Crippen LogP) is 0.617. The first-order valence-corrected chi connectivity index (χ1v) is 6.63. The van der Waals surface area contributed by atoms with Crippen LogP contribution in [0.2, 0.25) is 0 Å². The number of likely N-dealkylation sites (N-methyl/N-ethyl adjacent to an activating group) is 1. The van der Waals surface area contributed by atoms with E-state index in [1.165, 1.54) is 0 Å². The monoisotopic (exact) mass is 245 g/mol. The molecule has 4 heteroatoms. The summed E-state index contributed by atoms with van der Waals surface area (Å²) in [5, 5.41) is 13.0. The molecule has 1 atom stereocenters. The Balaban J connectivity index is 3.68. The van der Waals surface area contributed by atoms with E-state index < -0.39 is 0 Å². The van der Waals surface area contributed by atoms with Crippen LogP contribution in [0.15, 0.2) is 0 Å². The summed E-state index contributed by atoms with van der Waals surface area (Å²) in [7, 11) is 3.95. The molecule has 104 valence electrons. The van der Waals surface area contributed by atoms with E-state index in [2.05, 4.69) is 37.9 Å². The summed E-state index contributed by atoms with van der Waals surface area (Å²) in [6.45, 7) is 12.2. The maximum absolute atomic E-state index is 9.69. The average molecular weight is 245 g/mol. The molecule has 2 N–H and O–H groups in total. The first-order chi connectivity index (χ1) is 7.84. The SMILES string of the molecule is CC(C)N(CCNCC(O)CN(C)C)C(C)C. The van der Waals surface area contributed by atoms with Crippen LogP contribution in [0.3, 0.4) is 0 Å². The molecule has 0 bridgehead atoms. The van der Waals surface area contributed by atoms with E-state index in [1.807, 2.05) is 19.0 Å². The number of hydrogen-bond donors (Lipinski definition) is 2. The minimum Gasteiger partial charge on any atom is -0.390 e. The lowest BCUT2D eigenvalue weighted by atomic mass is 10.2. The highest BCUT2D eigenvalue weighted by molar-refractivity contribution is 4.69. The third-order valence-electron chi connectivity index (χ3n) is 2.83. The van der Waals surface area contributed by atoms with Crippen LogP contribution < -0.4 is 5.32 Å². The molecule has 0 aliphatic carbocycles. The van der Waals surface area contributed by atoms with Gasteiger partial charge in [-0.25, -0.2) is 0 Å². The molecule has 0 aliphatic rings. The first kappa shape index (κ1) is 16.8. The fraction of sp³-hybridized carbons (Fsp3) is 1.00. The van der Waals surface area contributed by atoms with Crippen molar-refractivity contribution < 1.29 is 5.11 Å². The molecule has 17 heavy (non-hydrogen) atoms. The van der Waals surface area contributed by atoms with E-state index in [4.69, 9.17) is 0 Å². The highest BCUT2D eigenvalue weighted by atomic mass is 16.3. The van der Waals surface area contributed by atoms with Crippen LogP contribution in [0.1, 0.15) is 27.7 Å². The molecule has 0 saturated carbocycles. The molecule has 0 aromatic rings. The number of aliphatic hydroxyl groups excluding tert-OH is 1. The lowest BCUT2D eigenvalue weighted by Crippen LogP contribution is -2.43. The topological polar surface area (TPSA) is 38.7 Å². The first-order valence-electron chi connectivity index (χ1n) is 6.63.